The Labute approximate surface area is 246 Å². The molecule has 10 heteroatoms. The first-order valence-corrected chi connectivity index (χ1v) is 13.4. The lowest BCUT2D eigenvalue weighted by molar-refractivity contribution is -0.109. The number of aromatic nitrogens is 4. The summed E-state index contributed by atoms with van der Waals surface area (Å²) in [5.41, 5.74) is 5.75. The van der Waals surface area contributed by atoms with Gasteiger partial charge < -0.3 is 28.8 Å². The SMILES string of the molecule is COc1ncnc(C[C@H](C=O)c2ccc(C)cc2)c1OC.COc1ncnc(C[C@H](CO)c2ccc(C)cc2)c1OC. The third-order valence-electron chi connectivity index (χ3n) is 6.78. The highest BCUT2D eigenvalue weighted by molar-refractivity contribution is 5.63. The molecule has 2 aromatic carbocycles. The zero-order valence-corrected chi connectivity index (χ0v) is 24.9. The van der Waals surface area contributed by atoms with Gasteiger partial charge >= 0.3 is 0 Å². The van der Waals surface area contributed by atoms with E-state index in [1.165, 1.54) is 39.5 Å². The lowest BCUT2D eigenvalue weighted by atomic mass is 9.94. The number of aliphatic hydroxyl groups excluding tert-OH is 1. The van der Waals surface area contributed by atoms with Gasteiger partial charge in [-0.05, 0) is 25.0 Å². The maximum absolute atomic E-state index is 11.4. The second-order valence-electron chi connectivity index (χ2n) is 9.58. The van der Waals surface area contributed by atoms with E-state index in [1.54, 1.807) is 7.11 Å². The fraction of sp³-hybridized carbons (Fsp3) is 0.344. The second-order valence-corrected chi connectivity index (χ2v) is 9.58. The van der Waals surface area contributed by atoms with Gasteiger partial charge in [-0.15, -0.1) is 0 Å². The molecule has 2 aromatic heterocycles. The fourth-order valence-corrected chi connectivity index (χ4v) is 4.40. The van der Waals surface area contributed by atoms with Gasteiger partial charge in [0.2, 0.25) is 11.5 Å². The van der Waals surface area contributed by atoms with Crippen LogP contribution in [-0.4, -0.2) is 66.4 Å². The van der Waals surface area contributed by atoms with Gasteiger partial charge in [0.25, 0.3) is 11.8 Å². The summed E-state index contributed by atoms with van der Waals surface area (Å²) in [4.78, 5) is 27.9. The van der Waals surface area contributed by atoms with E-state index in [4.69, 9.17) is 18.9 Å². The fourth-order valence-electron chi connectivity index (χ4n) is 4.40. The third kappa shape index (κ3) is 8.23. The lowest BCUT2D eigenvalue weighted by Crippen LogP contribution is -2.11. The molecular weight excluding hydrogens is 536 g/mol. The molecule has 2 heterocycles. The van der Waals surface area contributed by atoms with E-state index >= 15 is 0 Å². The normalized spacial score (nSPS) is 11.9. The number of methoxy groups -OCH3 is 4. The Balaban J connectivity index is 0.000000230. The Morgan fingerprint density at radius 1 is 0.667 bits per heavy atom. The maximum atomic E-state index is 11.4. The summed E-state index contributed by atoms with van der Waals surface area (Å²) >= 11 is 0. The molecule has 0 aliphatic carbocycles. The Kier molecular flexibility index (Phi) is 12.2. The van der Waals surface area contributed by atoms with E-state index in [2.05, 4.69) is 19.9 Å². The molecule has 10 nitrogen and oxygen atoms in total. The van der Waals surface area contributed by atoms with Crippen LogP contribution in [0.5, 0.6) is 23.3 Å². The van der Waals surface area contributed by atoms with Crippen LogP contribution in [0.3, 0.4) is 0 Å². The number of aryl methyl sites for hydroxylation is 2. The second kappa shape index (κ2) is 16.0. The van der Waals surface area contributed by atoms with E-state index in [1.807, 2.05) is 62.4 Å². The Morgan fingerprint density at radius 2 is 1.12 bits per heavy atom. The quantitative estimate of drug-likeness (QED) is 0.243. The monoisotopic (exact) mass is 574 g/mol. The molecule has 0 saturated heterocycles. The summed E-state index contributed by atoms with van der Waals surface area (Å²) in [5, 5.41) is 9.68. The average Bonchev–Trinajstić information content (AvgIpc) is 3.03. The molecule has 2 atom stereocenters. The van der Waals surface area contributed by atoms with Crippen molar-refractivity contribution < 1.29 is 28.8 Å². The van der Waals surface area contributed by atoms with Crippen LogP contribution in [0.15, 0.2) is 61.2 Å². The highest BCUT2D eigenvalue weighted by Crippen LogP contribution is 2.32. The summed E-state index contributed by atoms with van der Waals surface area (Å²) in [6.45, 7) is 4.09. The standard InChI is InChI=1S/C16H20N2O3.C16H18N2O3/c2*1-11-4-6-12(7-5-11)13(9-19)8-14-15(20-2)16(21-3)18-10-17-14/h4-7,10,13,19H,8-9H2,1-3H3;4-7,9-10,13H,8H2,1-3H3/t2*13-/m11/s1. The van der Waals surface area contributed by atoms with Crippen molar-refractivity contribution in [3.63, 3.8) is 0 Å². The average molecular weight is 575 g/mol. The van der Waals surface area contributed by atoms with Crippen molar-refractivity contribution >= 4 is 6.29 Å². The molecule has 4 aromatic rings. The third-order valence-corrected chi connectivity index (χ3v) is 6.78. The van der Waals surface area contributed by atoms with E-state index in [-0.39, 0.29) is 18.4 Å². The van der Waals surface area contributed by atoms with Crippen molar-refractivity contribution in [1.82, 2.24) is 19.9 Å². The van der Waals surface area contributed by atoms with E-state index in [9.17, 15) is 9.90 Å². The number of rotatable bonds is 12. The summed E-state index contributed by atoms with van der Waals surface area (Å²) in [5.74, 6) is 1.45. The summed E-state index contributed by atoms with van der Waals surface area (Å²) in [6, 6.07) is 16.0. The highest BCUT2D eigenvalue weighted by atomic mass is 16.5. The largest absolute Gasteiger partial charge is 0.490 e. The first kappa shape index (κ1) is 32.0. The lowest BCUT2D eigenvalue weighted by Gasteiger charge is -2.17. The molecule has 0 aliphatic heterocycles. The molecule has 0 saturated carbocycles. The van der Waals surface area contributed by atoms with Crippen LogP contribution in [0, 0.1) is 13.8 Å². The molecule has 1 N–H and O–H groups in total. The van der Waals surface area contributed by atoms with Crippen molar-refractivity contribution in [3.05, 3.63) is 94.8 Å². The van der Waals surface area contributed by atoms with Crippen LogP contribution in [-0.2, 0) is 17.6 Å². The molecule has 0 aliphatic rings. The smallest absolute Gasteiger partial charge is 0.260 e. The number of benzene rings is 2. The van der Waals surface area contributed by atoms with Crippen molar-refractivity contribution in [1.29, 1.82) is 0 Å². The Bertz CT molecular complexity index is 1410. The number of hydrogen-bond acceptors (Lipinski definition) is 10. The number of carbonyl (C=O) groups is 1. The zero-order chi connectivity index (χ0) is 30.5. The van der Waals surface area contributed by atoms with Crippen LogP contribution < -0.4 is 18.9 Å². The summed E-state index contributed by atoms with van der Waals surface area (Å²) in [7, 11) is 6.15. The summed E-state index contributed by atoms with van der Waals surface area (Å²) < 4.78 is 21.0. The minimum Gasteiger partial charge on any atom is -0.490 e. The predicted molar refractivity (Wildman–Crippen MR) is 159 cm³/mol. The minimum absolute atomic E-state index is 0.0402. The molecular formula is C32H38N4O6. The van der Waals surface area contributed by atoms with Gasteiger partial charge in [-0.1, -0.05) is 59.7 Å². The van der Waals surface area contributed by atoms with Gasteiger partial charge in [0.05, 0.1) is 46.4 Å². The Hall–Kier alpha value is -4.57. The van der Waals surface area contributed by atoms with Crippen LogP contribution in [0.25, 0.3) is 0 Å². The number of aldehydes is 1. The van der Waals surface area contributed by atoms with E-state index in [0.717, 1.165) is 28.7 Å². The molecule has 0 fully saturated rings. The first-order chi connectivity index (χ1) is 20.4. The van der Waals surface area contributed by atoms with Gasteiger partial charge in [-0.2, -0.15) is 9.97 Å². The van der Waals surface area contributed by atoms with Gasteiger partial charge in [-0.25, -0.2) is 9.97 Å². The van der Waals surface area contributed by atoms with E-state index in [0.29, 0.717) is 41.8 Å². The molecule has 4 rings (SSSR count). The van der Waals surface area contributed by atoms with Crippen molar-refractivity contribution in [2.75, 3.05) is 35.0 Å². The molecule has 42 heavy (non-hydrogen) atoms. The summed E-state index contributed by atoms with van der Waals surface area (Å²) in [6.07, 6.45) is 4.78. The number of aliphatic hydroxyl groups is 1. The number of ether oxygens (including phenoxy) is 4. The van der Waals surface area contributed by atoms with Crippen molar-refractivity contribution in [2.45, 2.75) is 38.5 Å². The van der Waals surface area contributed by atoms with Gasteiger partial charge in [0.1, 0.15) is 18.9 Å². The predicted octanol–water partition coefficient (Wildman–Crippen LogP) is 4.45. The zero-order valence-electron chi connectivity index (χ0n) is 24.9. The molecule has 222 valence electrons. The molecule has 0 unspecified atom stereocenters. The van der Waals surface area contributed by atoms with Crippen molar-refractivity contribution in [2.24, 2.45) is 0 Å². The first-order valence-electron chi connectivity index (χ1n) is 13.4. The number of nitrogens with zero attached hydrogens (tertiary/aromatic N) is 4. The molecule has 0 bridgehead atoms. The van der Waals surface area contributed by atoms with Gasteiger partial charge in [-0.3, -0.25) is 0 Å². The van der Waals surface area contributed by atoms with Crippen LogP contribution in [0.1, 0.15) is 45.5 Å². The minimum atomic E-state index is -0.279. The van der Waals surface area contributed by atoms with E-state index < -0.39 is 0 Å². The van der Waals surface area contributed by atoms with Gasteiger partial charge in [0, 0.05) is 24.7 Å². The molecule has 0 spiro atoms. The number of hydrogen-bond donors (Lipinski definition) is 1. The van der Waals surface area contributed by atoms with Crippen LogP contribution in [0.2, 0.25) is 0 Å². The Morgan fingerprint density at radius 3 is 1.52 bits per heavy atom. The molecule has 0 amide bonds. The maximum Gasteiger partial charge on any atom is 0.260 e. The van der Waals surface area contributed by atoms with Gasteiger partial charge in [0.15, 0.2) is 0 Å². The van der Waals surface area contributed by atoms with Crippen molar-refractivity contribution in [3.8, 4) is 23.3 Å². The topological polar surface area (TPSA) is 126 Å². The number of carbonyl (C=O) groups excluding carboxylic acids is 1. The molecule has 0 radical (unpaired) electrons. The van der Waals surface area contributed by atoms with Crippen LogP contribution >= 0.6 is 0 Å². The van der Waals surface area contributed by atoms with Crippen LogP contribution in [0.4, 0.5) is 0 Å². The highest BCUT2D eigenvalue weighted by Gasteiger charge is 2.20.